The SMILES string of the molecule is C=CC(=O)OC(C)OC.OCCO. The normalized spacial score (nSPS) is 10.8. The number of aliphatic hydroxyl groups excluding tert-OH is 2. The van der Waals surface area contributed by atoms with Crippen LogP contribution >= 0.6 is 0 Å². The first-order valence-corrected chi connectivity index (χ1v) is 3.69. The Hall–Kier alpha value is -0.910. The monoisotopic (exact) mass is 192 g/mol. The van der Waals surface area contributed by atoms with Crippen molar-refractivity contribution < 1.29 is 24.5 Å². The van der Waals surface area contributed by atoms with Gasteiger partial charge in [0.05, 0.1) is 13.2 Å². The van der Waals surface area contributed by atoms with E-state index in [4.69, 9.17) is 10.2 Å². The highest BCUT2D eigenvalue weighted by molar-refractivity contribution is 5.81. The van der Waals surface area contributed by atoms with Gasteiger partial charge in [0.1, 0.15) is 0 Å². The van der Waals surface area contributed by atoms with Crippen molar-refractivity contribution in [2.24, 2.45) is 0 Å². The molecule has 5 heteroatoms. The Morgan fingerprint density at radius 3 is 2.23 bits per heavy atom. The van der Waals surface area contributed by atoms with Gasteiger partial charge in [-0.05, 0) is 6.92 Å². The van der Waals surface area contributed by atoms with Gasteiger partial charge in [-0.15, -0.1) is 0 Å². The van der Waals surface area contributed by atoms with Crippen LogP contribution in [0.4, 0.5) is 0 Å². The third-order valence-electron chi connectivity index (χ3n) is 0.881. The van der Waals surface area contributed by atoms with E-state index < -0.39 is 12.3 Å². The minimum Gasteiger partial charge on any atom is -0.433 e. The first-order chi connectivity index (χ1) is 6.12. The first-order valence-electron chi connectivity index (χ1n) is 3.69. The maximum Gasteiger partial charge on any atom is 0.332 e. The average molecular weight is 192 g/mol. The molecule has 78 valence electrons. The van der Waals surface area contributed by atoms with Crippen molar-refractivity contribution in [3.8, 4) is 0 Å². The number of carbonyl (C=O) groups is 1. The van der Waals surface area contributed by atoms with Crippen LogP contribution in [0.5, 0.6) is 0 Å². The average Bonchev–Trinajstić information content (AvgIpc) is 2.17. The molecule has 13 heavy (non-hydrogen) atoms. The predicted octanol–water partition coefficient (Wildman–Crippen LogP) is -0.321. The fraction of sp³-hybridized carbons (Fsp3) is 0.625. The summed E-state index contributed by atoms with van der Waals surface area (Å²) in [6.07, 6.45) is 0.602. The number of aliphatic hydroxyl groups is 2. The molecule has 0 saturated heterocycles. The van der Waals surface area contributed by atoms with E-state index in [-0.39, 0.29) is 13.2 Å². The molecule has 0 aliphatic rings. The molecule has 0 bridgehead atoms. The van der Waals surface area contributed by atoms with E-state index in [1.165, 1.54) is 7.11 Å². The van der Waals surface area contributed by atoms with Crippen LogP contribution in [0.25, 0.3) is 0 Å². The van der Waals surface area contributed by atoms with Crippen LogP contribution in [0, 0.1) is 0 Å². The van der Waals surface area contributed by atoms with Crippen molar-refractivity contribution in [1.82, 2.24) is 0 Å². The fourth-order valence-electron chi connectivity index (χ4n) is 0.260. The quantitative estimate of drug-likeness (QED) is 0.362. The molecule has 2 N–H and O–H groups in total. The summed E-state index contributed by atoms with van der Waals surface area (Å²) >= 11 is 0. The zero-order valence-electron chi connectivity index (χ0n) is 7.90. The maximum absolute atomic E-state index is 10.4. The van der Waals surface area contributed by atoms with Crippen molar-refractivity contribution in [3.63, 3.8) is 0 Å². The number of rotatable bonds is 4. The summed E-state index contributed by atoms with van der Waals surface area (Å²) in [5.41, 5.74) is 0. The Kier molecular flexibility index (Phi) is 12.5. The van der Waals surface area contributed by atoms with Crippen molar-refractivity contribution in [3.05, 3.63) is 12.7 Å². The van der Waals surface area contributed by atoms with Gasteiger partial charge in [-0.2, -0.15) is 0 Å². The Morgan fingerprint density at radius 1 is 1.54 bits per heavy atom. The molecule has 0 aliphatic carbocycles. The number of ether oxygens (including phenoxy) is 2. The molecule has 0 radical (unpaired) electrons. The van der Waals surface area contributed by atoms with Crippen LogP contribution in [0.1, 0.15) is 6.92 Å². The Morgan fingerprint density at radius 2 is 2.00 bits per heavy atom. The summed E-state index contributed by atoms with van der Waals surface area (Å²) in [6.45, 7) is 4.59. The van der Waals surface area contributed by atoms with Gasteiger partial charge in [-0.25, -0.2) is 4.79 Å². The molecule has 0 aromatic rings. The highest BCUT2D eigenvalue weighted by Crippen LogP contribution is 1.90. The van der Waals surface area contributed by atoms with Crippen LogP contribution in [-0.4, -0.2) is 42.8 Å². The number of esters is 1. The van der Waals surface area contributed by atoms with Gasteiger partial charge in [-0.1, -0.05) is 6.58 Å². The molecule has 0 rings (SSSR count). The van der Waals surface area contributed by atoms with Crippen molar-refractivity contribution in [2.75, 3.05) is 20.3 Å². The van der Waals surface area contributed by atoms with Gasteiger partial charge < -0.3 is 19.7 Å². The minimum absolute atomic E-state index is 0.125. The molecule has 0 fully saturated rings. The molecule has 0 saturated carbocycles. The van der Waals surface area contributed by atoms with Crippen LogP contribution in [0.15, 0.2) is 12.7 Å². The smallest absolute Gasteiger partial charge is 0.332 e. The topological polar surface area (TPSA) is 76.0 Å². The standard InChI is InChI=1S/C6H10O3.C2H6O2/c1-4-6(7)9-5(2)8-3;3-1-2-4/h4-5H,1H2,2-3H3;3-4H,1-2H2. The Bertz CT molecular complexity index is 132. The lowest BCUT2D eigenvalue weighted by Crippen LogP contribution is -2.14. The van der Waals surface area contributed by atoms with Gasteiger partial charge in [0.15, 0.2) is 6.29 Å². The first kappa shape index (κ1) is 14.6. The molecule has 5 nitrogen and oxygen atoms in total. The van der Waals surface area contributed by atoms with E-state index >= 15 is 0 Å². The van der Waals surface area contributed by atoms with Gasteiger partial charge in [0, 0.05) is 13.2 Å². The molecular weight excluding hydrogens is 176 g/mol. The van der Waals surface area contributed by atoms with Gasteiger partial charge in [0.2, 0.25) is 0 Å². The molecule has 0 heterocycles. The lowest BCUT2D eigenvalue weighted by atomic mass is 10.6. The Labute approximate surface area is 77.6 Å². The molecular formula is C8H16O5. The summed E-state index contributed by atoms with van der Waals surface area (Å²) < 4.78 is 9.20. The third kappa shape index (κ3) is 14.0. The highest BCUT2D eigenvalue weighted by Gasteiger charge is 2.01. The summed E-state index contributed by atoms with van der Waals surface area (Å²) in [5.74, 6) is -0.468. The lowest BCUT2D eigenvalue weighted by molar-refractivity contribution is -0.163. The van der Waals surface area contributed by atoms with Crippen LogP contribution < -0.4 is 0 Å². The fourth-order valence-corrected chi connectivity index (χ4v) is 0.260. The summed E-state index contributed by atoms with van der Waals surface area (Å²) in [6, 6.07) is 0. The molecule has 0 aromatic carbocycles. The number of hydrogen-bond donors (Lipinski definition) is 2. The van der Waals surface area contributed by atoms with E-state index in [9.17, 15) is 4.79 Å². The van der Waals surface area contributed by atoms with E-state index in [0.29, 0.717) is 0 Å². The second-order valence-electron chi connectivity index (χ2n) is 1.89. The van der Waals surface area contributed by atoms with Gasteiger partial charge in [-0.3, -0.25) is 0 Å². The van der Waals surface area contributed by atoms with Crippen molar-refractivity contribution in [2.45, 2.75) is 13.2 Å². The van der Waals surface area contributed by atoms with Crippen LogP contribution in [-0.2, 0) is 14.3 Å². The highest BCUT2D eigenvalue weighted by atomic mass is 16.7. The van der Waals surface area contributed by atoms with E-state index in [0.717, 1.165) is 6.08 Å². The molecule has 0 spiro atoms. The maximum atomic E-state index is 10.4. The van der Waals surface area contributed by atoms with E-state index in [1.807, 2.05) is 0 Å². The Balaban J connectivity index is 0. The molecule has 1 atom stereocenters. The van der Waals surface area contributed by atoms with Crippen molar-refractivity contribution in [1.29, 1.82) is 0 Å². The lowest BCUT2D eigenvalue weighted by Gasteiger charge is -2.07. The van der Waals surface area contributed by atoms with Crippen molar-refractivity contribution >= 4 is 5.97 Å². The largest absolute Gasteiger partial charge is 0.433 e. The zero-order valence-corrected chi connectivity index (χ0v) is 7.90. The van der Waals surface area contributed by atoms with E-state index in [1.54, 1.807) is 6.92 Å². The van der Waals surface area contributed by atoms with Crippen LogP contribution in [0.3, 0.4) is 0 Å². The second-order valence-corrected chi connectivity index (χ2v) is 1.89. The van der Waals surface area contributed by atoms with Gasteiger partial charge >= 0.3 is 5.97 Å². The number of hydrogen-bond acceptors (Lipinski definition) is 5. The molecule has 0 aromatic heterocycles. The predicted molar refractivity (Wildman–Crippen MR) is 46.9 cm³/mol. The minimum atomic E-state index is -0.490. The second kappa shape index (κ2) is 11.1. The zero-order chi connectivity index (χ0) is 10.7. The molecule has 0 amide bonds. The van der Waals surface area contributed by atoms with Crippen LogP contribution in [0.2, 0.25) is 0 Å². The third-order valence-corrected chi connectivity index (χ3v) is 0.881. The summed E-state index contributed by atoms with van der Waals surface area (Å²) in [7, 11) is 1.46. The molecule has 0 aliphatic heterocycles. The number of methoxy groups -OCH3 is 1. The molecule has 1 unspecified atom stereocenters. The summed E-state index contributed by atoms with van der Waals surface area (Å²) in [5, 5.41) is 15.2. The number of carbonyl (C=O) groups excluding carboxylic acids is 1. The summed E-state index contributed by atoms with van der Waals surface area (Å²) in [4.78, 5) is 10.4. The van der Waals surface area contributed by atoms with E-state index in [2.05, 4.69) is 16.1 Å². The van der Waals surface area contributed by atoms with Gasteiger partial charge in [0.25, 0.3) is 0 Å².